The molecule has 0 amide bonds. The number of carboxylic acid groups (broad SMARTS) is 1. The van der Waals surface area contributed by atoms with Gasteiger partial charge in [-0.2, -0.15) is 26.3 Å². The maximum Gasteiger partial charge on any atom is 0.498 e. The van der Waals surface area contributed by atoms with Gasteiger partial charge in [-0.25, -0.2) is 16.8 Å². The summed E-state index contributed by atoms with van der Waals surface area (Å²) in [6.45, 7) is 0.935. The fourth-order valence-electron chi connectivity index (χ4n) is 1.82. The summed E-state index contributed by atoms with van der Waals surface area (Å²) in [6, 6.07) is 0. The van der Waals surface area contributed by atoms with Gasteiger partial charge in [-0.1, -0.05) is 6.92 Å². The Balaban J connectivity index is 6.37. The van der Waals surface area contributed by atoms with Crippen LogP contribution in [0.15, 0.2) is 0 Å². The number of aldehydes is 1. The first kappa shape index (κ1) is 23.6. The SMILES string of the molecule is CC(CC=O)C(CC(S(=O)(=O)C(F)(F)F)S(=O)(=O)C(F)(F)F)C(=O)O. The van der Waals surface area contributed by atoms with E-state index < -0.39 is 65.9 Å². The lowest BCUT2D eigenvalue weighted by atomic mass is 9.89. The molecule has 0 saturated heterocycles. The van der Waals surface area contributed by atoms with Crippen LogP contribution in [0.1, 0.15) is 19.8 Å². The average molecular weight is 422 g/mol. The minimum atomic E-state index is -6.92. The van der Waals surface area contributed by atoms with Crippen LogP contribution in [0.4, 0.5) is 26.3 Å². The summed E-state index contributed by atoms with van der Waals surface area (Å²) in [7, 11) is -13.8. The zero-order valence-corrected chi connectivity index (χ0v) is 13.8. The van der Waals surface area contributed by atoms with E-state index in [1.807, 2.05) is 0 Å². The lowest BCUT2D eigenvalue weighted by molar-refractivity contribution is -0.143. The van der Waals surface area contributed by atoms with Gasteiger partial charge in [0.2, 0.25) is 0 Å². The van der Waals surface area contributed by atoms with Crippen LogP contribution in [0.25, 0.3) is 0 Å². The van der Waals surface area contributed by atoms with Gasteiger partial charge in [0.25, 0.3) is 19.7 Å². The molecule has 0 aliphatic carbocycles. The Morgan fingerprint density at radius 3 is 1.60 bits per heavy atom. The lowest BCUT2D eigenvalue weighted by Gasteiger charge is -2.25. The summed E-state index contributed by atoms with van der Waals surface area (Å²) in [4.78, 5) is 21.4. The topological polar surface area (TPSA) is 123 Å². The number of alkyl halides is 6. The van der Waals surface area contributed by atoms with E-state index in [1.165, 1.54) is 0 Å². The van der Waals surface area contributed by atoms with Crippen LogP contribution in [-0.4, -0.2) is 49.8 Å². The molecule has 0 aromatic rings. The molecule has 0 saturated carbocycles. The highest BCUT2D eigenvalue weighted by atomic mass is 32.3. The summed E-state index contributed by atoms with van der Waals surface area (Å²) in [5.74, 6) is -5.72. The Labute approximate surface area is 137 Å². The summed E-state index contributed by atoms with van der Waals surface area (Å²) in [5.41, 5.74) is -12.7. The molecular formula is C10H12F6O7S2. The molecule has 0 radical (unpaired) electrons. The molecule has 0 aliphatic heterocycles. The van der Waals surface area contributed by atoms with E-state index in [1.54, 1.807) is 0 Å². The number of rotatable bonds is 8. The van der Waals surface area contributed by atoms with Gasteiger partial charge in [-0.05, 0) is 12.3 Å². The van der Waals surface area contributed by atoms with Crippen molar-refractivity contribution in [1.29, 1.82) is 0 Å². The number of hydrogen-bond donors (Lipinski definition) is 1. The van der Waals surface area contributed by atoms with Gasteiger partial charge in [0.05, 0.1) is 5.92 Å². The summed E-state index contributed by atoms with van der Waals surface area (Å²) in [5, 5.41) is 8.89. The number of carboxylic acids is 1. The second-order valence-corrected chi connectivity index (χ2v) is 9.51. The molecule has 0 fully saturated rings. The molecule has 0 aromatic heterocycles. The molecule has 25 heavy (non-hydrogen) atoms. The van der Waals surface area contributed by atoms with Crippen molar-refractivity contribution in [2.75, 3.05) is 0 Å². The van der Waals surface area contributed by atoms with E-state index in [0.29, 0.717) is 0 Å². The highest BCUT2D eigenvalue weighted by Gasteiger charge is 2.63. The molecular weight excluding hydrogens is 410 g/mol. The third-order valence-corrected chi connectivity index (χ3v) is 7.84. The van der Waals surface area contributed by atoms with Crippen LogP contribution in [0.3, 0.4) is 0 Å². The van der Waals surface area contributed by atoms with E-state index in [0.717, 1.165) is 6.92 Å². The molecule has 0 heterocycles. The smallest absolute Gasteiger partial charge is 0.481 e. The minimum absolute atomic E-state index is 0.103. The number of sulfone groups is 2. The van der Waals surface area contributed by atoms with Crippen molar-refractivity contribution in [2.24, 2.45) is 11.8 Å². The number of halogens is 6. The van der Waals surface area contributed by atoms with Gasteiger partial charge in [0.1, 0.15) is 6.29 Å². The van der Waals surface area contributed by atoms with E-state index in [2.05, 4.69) is 0 Å². The zero-order valence-electron chi connectivity index (χ0n) is 12.2. The quantitative estimate of drug-likeness (QED) is 0.465. The van der Waals surface area contributed by atoms with Gasteiger partial charge in [-0.3, -0.25) is 4.79 Å². The third-order valence-electron chi connectivity index (χ3n) is 3.26. The van der Waals surface area contributed by atoms with Gasteiger partial charge in [-0.15, -0.1) is 0 Å². The highest BCUT2D eigenvalue weighted by Crippen LogP contribution is 2.40. The molecule has 0 aliphatic rings. The maximum atomic E-state index is 12.6. The third kappa shape index (κ3) is 5.05. The normalized spacial score (nSPS) is 16.5. The standard InChI is InChI=1S/C10H12F6O7S2/c1-5(2-3-17)6(8(18)19)4-7(24(20,21)9(11,12)13)25(22,23)10(14,15)16/h3,5-7H,2,4H2,1H3,(H,18,19). The second-order valence-electron chi connectivity index (χ2n) is 4.97. The van der Waals surface area contributed by atoms with Gasteiger partial charge < -0.3 is 9.90 Å². The van der Waals surface area contributed by atoms with Crippen molar-refractivity contribution in [3.05, 3.63) is 0 Å². The van der Waals surface area contributed by atoms with Crippen LogP contribution in [0.2, 0.25) is 0 Å². The largest absolute Gasteiger partial charge is 0.498 e. The number of carbonyl (C=O) groups is 2. The zero-order chi connectivity index (χ0) is 20.4. The van der Waals surface area contributed by atoms with Crippen molar-refractivity contribution < 1.29 is 57.9 Å². The summed E-state index contributed by atoms with van der Waals surface area (Å²) < 4.78 is 117. The van der Waals surface area contributed by atoms with Gasteiger partial charge in [0, 0.05) is 6.42 Å². The Hall–Kier alpha value is -1.38. The lowest BCUT2D eigenvalue weighted by Crippen LogP contribution is -2.47. The first-order valence-corrected chi connectivity index (χ1v) is 9.27. The number of aliphatic carboxylic acids is 1. The number of carbonyl (C=O) groups excluding carboxylic acids is 1. The van der Waals surface area contributed by atoms with E-state index in [-0.39, 0.29) is 6.29 Å². The van der Waals surface area contributed by atoms with E-state index in [4.69, 9.17) is 5.11 Å². The van der Waals surface area contributed by atoms with Crippen LogP contribution in [-0.2, 0) is 29.3 Å². The van der Waals surface area contributed by atoms with E-state index >= 15 is 0 Å². The second kappa shape index (κ2) is 7.47. The molecule has 0 bridgehead atoms. The Morgan fingerprint density at radius 1 is 1.00 bits per heavy atom. The number of hydrogen-bond acceptors (Lipinski definition) is 6. The first-order valence-electron chi connectivity index (χ1n) is 6.18. The molecule has 2 atom stereocenters. The van der Waals surface area contributed by atoms with Gasteiger partial charge in [0.15, 0.2) is 4.58 Å². The van der Waals surface area contributed by atoms with Crippen LogP contribution < -0.4 is 0 Å². The Bertz CT molecular complexity index is 663. The molecule has 15 heteroatoms. The Kier molecular flexibility index (Phi) is 7.06. The van der Waals surface area contributed by atoms with Crippen molar-refractivity contribution in [1.82, 2.24) is 0 Å². The van der Waals surface area contributed by atoms with Crippen molar-refractivity contribution in [3.8, 4) is 0 Å². The van der Waals surface area contributed by atoms with Crippen molar-refractivity contribution in [2.45, 2.75) is 35.4 Å². The predicted molar refractivity (Wildman–Crippen MR) is 69.3 cm³/mol. The minimum Gasteiger partial charge on any atom is -0.481 e. The Morgan fingerprint density at radius 2 is 1.36 bits per heavy atom. The van der Waals surface area contributed by atoms with Crippen molar-refractivity contribution in [3.63, 3.8) is 0 Å². The molecule has 0 aromatic carbocycles. The highest BCUT2D eigenvalue weighted by molar-refractivity contribution is 8.09. The molecule has 0 spiro atoms. The maximum absolute atomic E-state index is 12.6. The summed E-state index contributed by atoms with van der Waals surface area (Å²) >= 11 is 0. The first-order chi connectivity index (χ1) is 10.9. The van der Waals surface area contributed by atoms with Crippen LogP contribution >= 0.6 is 0 Å². The monoisotopic (exact) mass is 422 g/mol. The summed E-state index contributed by atoms with van der Waals surface area (Å²) in [6.07, 6.45) is -2.57. The predicted octanol–water partition coefficient (Wildman–Crippen LogP) is 1.50. The van der Waals surface area contributed by atoms with Crippen LogP contribution in [0, 0.1) is 11.8 Å². The fraction of sp³-hybridized carbons (Fsp3) is 0.800. The average Bonchev–Trinajstić information content (AvgIpc) is 2.35. The molecule has 2 unspecified atom stereocenters. The fourth-order valence-corrected chi connectivity index (χ4v) is 5.32. The molecule has 148 valence electrons. The molecule has 0 rings (SSSR count). The molecule has 7 nitrogen and oxygen atoms in total. The van der Waals surface area contributed by atoms with E-state index in [9.17, 15) is 52.8 Å². The van der Waals surface area contributed by atoms with Crippen LogP contribution in [0.5, 0.6) is 0 Å². The van der Waals surface area contributed by atoms with Crippen molar-refractivity contribution >= 4 is 31.9 Å². The van der Waals surface area contributed by atoms with Gasteiger partial charge >= 0.3 is 17.0 Å². The molecule has 1 N–H and O–H groups in total.